The number of amides is 2. The number of nitrogens with zero attached hydrogens (tertiary/aromatic N) is 8. The van der Waals surface area contributed by atoms with Gasteiger partial charge in [-0.3, -0.25) is 14.6 Å². The van der Waals surface area contributed by atoms with Crippen LogP contribution in [0.5, 0.6) is 0 Å². The SMILES string of the molecule is Cc1cc(Cl)cc(C(=O)NC(C)c2ccc(Cl)cn2)c1NC(=O)c1cc(Cn2nnc(C(F)(F)F)n2)nn1-c1ncccc1Cl. The Morgan fingerprint density at radius 1 is 1.00 bits per heavy atom. The summed E-state index contributed by atoms with van der Waals surface area (Å²) < 4.78 is 40.1. The highest BCUT2D eigenvalue weighted by Crippen LogP contribution is 2.29. The van der Waals surface area contributed by atoms with E-state index in [-0.39, 0.29) is 45.0 Å². The normalized spacial score (nSPS) is 12.2. The van der Waals surface area contributed by atoms with Gasteiger partial charge in [0, 0.05) is 17.4 Å². The molecule has 5 aromatic rings. The summed E-state index contributed by atoms with van der Waals surface area (Å²) in [4.78, 5) is 36.3. The first-order valence-electron chi connectivity index (χ1n) is 12.9. The summed E-state index contributed by atoms with van der Waals surface area (Å²) >= 11 is 18.5. The van der Waals surface area contributed by atoms with Crippen LogP contribution in [-0.2, 0) is 12.7 Å². The quantitative estimate of drug-likeness (QED) is 0.212. The van der Waals surface area contributed by atoms with Crippen LogP contribution in [0.3, 0.4) is 0 Å². The Labute approximate surface area is 267 Å². The van der Waals surface area contributed by atoms with E-state index in [0.29, 0.717) is 21.1 Å². The Morgan fingerprint density at radius 3 is 2.44 bits per heavy atom. The van der Waals surface area contributed by atoms with E-state index < -0.39 is 29.9 Å². The van der Waals surface area contributed by atoms with Crippen molar-refractivity contribution in [1.29, 1.82) is 0 Å². The first-order chi connectivity index (χ1) is 21.3. The van der Waals surface area contributed by atoms with Crippen molar-refractivity contribution < 1.29 is 22.8 Å². The number of tetrazole rings is 1. The molecule has 45 heavy (non-hydrogen) atoms. The van der Waals surface area contributed by atoms with Crippen LogP contribution in [-0.4, -0.2) is 51.8 Å². The molecule has 2 amide bonds. The summed E-state index contributed by atoms with van der Waals surface area (Å²) in [6, 6.07) is 10.1. The second kappa shape index (κ2) is 12.8. The Bertz CT molecular complexity index is 1890. The number of aromatic nitrogens is 8. The maximum absolute atomic E-state index is 13.8. The van der Waals surface area contributed by atoms with E-state index in [9.17, 15) is 22.8 Å². The number of hydrogen-bond donors (Lipinski definition) is 2. The molecular formula is C27H20Cl3F3N10O2. The van der Waals surface area contributed by atoms with Crippen molar-refractivity contribution in [2.75, 3.05) is 5.32 Å². The van der Waals surface area contributed by atoms with Crippen molar-refractivity contribution in [1.82, 2.24) is 45.3 Å². The van der Waals surface area contributed by atoms with Crippen LogP contribution in [0.1, 0.15) is 56.6 Å². The monoisotopic (exact) mass is 678 g/mol. The van der Waals surface area contributed by atoms with Gasteiger partial charge < -0.3 is 10.6 Å². The molecule has 0 aliphatic rings. The Kier molecular flexibility index (Phi) is 9.04. The van der Waals surface area contributed by atoms with Gasteiger partial charge in [0.15, 0.2) is 5.82 Å². The Balaban J connectivity index is 1.48. The first kappa shape index (κ1) is 31.8. The fourth-order valence-electron chi connectivity index (χ4n) is 4.19. The number of carbonyl (C=O) groups excluding carboxylic acids is 2. The lowest BCUT2D eigenvalue weighted by atomic mass is 10.1. The number of anilines is 1. The smallest absolute Gasteiger partial charge is 0.344 e. The summed E-state index contributed by atoms with van der Waals surface area (Å²) in [6.45, 7) is 3.00. The number of pyridine rings is 2. The second-order valence-electron chi connectivity index (χ2n) is 9.58. The standard InChI is InChI=1S/C27H20Cl3F3N10O2/c1-13-8-16(29)9-18(24(44)36-14(2)20-6-5-15(28)11-35-20)22(13)37-25(45)21-10-17(12-42-40-26(38-41-42)27(31,32)33)39-43(21)23-19(30)4-3-7-34-23/h3-11,14H,12H2,1-2H3,(H,36,44)(H,37,45). The second-order valence-corrected chi connectivity index (χ2v) is 10.9. The molecule has 0 fully saturated rings. The minimum absolute atomic E-state index is 0.0582. The van der Waals surface area contributed by atoms with Gasteiger partial charge in [0.2, 0.25) is 0 Å². The van der Waals surface area contributed by atoms with E-state index in [4.69, 9.17) is 34.8 Å². The van der Waals surface area contributed by atoms with Crippen LogP contribution in [0.2, 0.25) is 15.1 Å². The number of halogens is 6. The molecule has 0 spiro atoms. The molecule has 0 aliphatic heterocycles. The van der Waals surface area contributed by atoms with Crippen LogP contribution in [0.15, 0.2) is 54.9 Å². The minimum Gasteiger partial charge on any atom is -0.344 e. The summed E-state index contributed by atoms with van der Waals surface area (Å²) in [5.74, 6) is -2.67. The average Bonchev–Trinajstić information content (AvgIpc) is 3.62. The van der Waals surface area contributed by atoms with Crippen molar-refractivity contribution >= 4 is 52.3 Å². The van der Waals surface area contributed by atoms with E-state index in [1.165, 1.54) is 30.6 Å². The molecule has 0 saturated heterocycles. The van der Waals surface area contributed by atoms with E-state index in [1.54, 1.807) is 38.1 Å². The number of rotatable bonds is 8. The number of benzene rings is 1. The molecule has 18 heteroatoms. The number of aryl methyl sites for hydroxylation is 1. The first-order valence-corrected chi connectivity index (χ1v) is 14.0. The molecule has 2 N–H and O–H groups in total. The molecule has 4 heterocycles. The zero-order valence-electron chi connectivity index (χ0n) is 23.1. The van der Waals surface area contributed by atoms with E-state index >= 15 is 0 Å². The van der Waals surface area contributed by atoms with E-state index in [2.05, 4.69) is 41.1 Å². The third kappa shape index (κ3) is 7.21. The van der Waals surface area contributed by atoms with Crippen molar-refractivity contribution in [2.24, 2.45) is 0 Å². The topological polar surface area (TPSA) is 145 Å². The summed E-state index contributed by atoms with van der Waals surface area (Å²) in [5, 5.41) is 20.5. The van der Waals surface area contributed by atoms with Gasteiger partial charge in [-0.2, -0.15) is 23.1 Å². The molecule has 0 saturated carbocycles. The Hall–Kier alpha value is -4.60. The lowest BCUT2D eigenvalue weighted by molar-refractivity contribution is -0.145. The van der Waals surface area contributed by atoms with Crippen LogP contribution in [0.4, 0.5) is 18.9 Å². The third-order valence-corrected chi connectivity index (χ3v) is 7.00. The van der Waals surface area contributed by atoms with Gasteiger partial charge >= 0.3 is 6.18 Å². The number of carbonyl (C=O) groups is 2. The van der Waals surface area contributed by atoms with Crippen LogP contribution < -0.4 is 10.6 Å². The van der Waals surface area contributed by atoms with Crippen molar-refractivity contribution in [3.05, 3.63) is 104 Å². The molecule has 5 rings (SSSR count). The maximum Gasteiger partial charge on any atom is 0.455 e. The molecule has 0 radical (unpaired) electrons. The van der Waals surface area contributed by atoms with Gasteiger partial charge in [0.25, 0.3) is 17.6 Å². The minimum atomic E-state index is -4.80. The van der Waals surface area contributed by atoms with Gasteiger partial charge in [-0.1, -0.05) is 34.8 Å². The third-order valence-electron chi connectivity index (χ3n) is 6.27. The lowest BCUT2D eigenvalue weighted by Gasteiger charge is -2.18. The molecular weight excluding hydrogens is 660 g/mol. The molecule has 12 nitrogen and oxygen atoms in total. The fourth-order valence-corrected chi connectivity index (χ4v) is 4.78. The molecule has 1 unspecified atom stereocenters. The van der Waals surface area contributed by atoms with Gasteiger partial charge in [-0.25, -0.2) is 9.67 Å². The van der Waals surface area contributed by atoms with E-state index in [1.807, 2.05) is 0 Å². The van der Waals surface area contributed by atoms with Crippen LogP contribution >= 0.6 is 34.8 Å². The van der Waals surface area contributed by atoms with Gasteiger partial charge in [0.05, 0.1) is 38.7 Å². The molecule has 1 atom stereocenters. The largest absolute Gasteiger partial charge is 0.455 e. The van der Waals surface area contributed by atoms with Gasteiger partial charge in [-0.05, 0) is 67.1 Å². The van der Waals surface area contributed by atoms with E-state index in [0.717, 1.165) is 4.68 Å². The number of hydrogen-bond acceptors (Lipinski definition) is 8. The summed E-state index contributed by atoms with van der Waals surface area (Å²) in [5.41, 5.74) is 1.19. The summed E-state index contributed by atoms with van der Waals surface area (Å²) in [6.07, 6.45) is -1.93. The Morgan fingerprint density at radius 2 is 1.78 bits per heavy atom. The van der Waals surface area contributed by atoms with Crippen LogP contribution in [0, 0.1) is 6.92 Å². The van der Waals surface area contributed by atoms with Crippen molar-refractivity contribution in [2.45, 2.75) is 32.6 Å². The van der Waals surface area contributed by atoms with Crippen molar-refractivity contribution in [3.8, 4) is 5.82 Å². The highest BCUT2D eigenvalue weighted by molar-refractivity contribution is 6.32. The van der Waals surface area contributed by atoms with Crippen LogP contribution in [0.25, 0.3) is 5.82 Å². The number of nitrogens with one attached hydrogen (secondary N) is 2. The summed E-state index contributed by atoms with van der Waals surface area (Å²) in [7, 11) is 0. The highest BCUT2D eigenvalue weighted by Gasteiger charge is 2.37. The predicted molar refractivity (Wildman–Crippen MR) is 158 cm³/mol. The number of alkyl halides is 3. The zero-order chi connectivity index (χ0) is 32.5. The average molecular weight is 680 g/mol. The maximum atomic E-state index is 13.8. The van der Waals surface area contributed by atoms with Gasteiger partial charge in [-0.15, -0.1) is 10.2 Å². The van der Waals surface area contributed by atoms with Crippen molar-refractivity contribution in [3.63, 3.8) is 0 Å². The molecule has 1 aromatic carbocycles. The highest BCUT2D eigenvalue weighted by atomic mass is 35.5. The fraction of sp³-hybridized carbons (Fsp3) is 0.185. The predicted octanol–water partition coefficient (Wildman–Crippen LogP) is 5.73. The molecule has 0 bridgehead atoms. The molecule has 232 valence electrons. The molecule has 4 aromatic heterocycles. The van der Waals surface area contributed by atoms with Gasteiger partial charge in [0.1, 0.15) is 12.2 Å². The molecule has 0 aliphatic carbocycles. The lowest BCUT2D eigenvalue weighted by Crippen LogP contribution is -2.29. The zero-order valence-corrected chi connectivity index (χ0v) is 25.4.